The summed E-state index contributed by atoms with van der Waals surface area (Å²) in [7, 11) is 0. The summed E-state index contributed by atoms with van der Waals surface area (Å²) in [6, 6.07) is 3.91. The summed E-state index contributed by atoms with van der Waals surface area (Å²) in [5, 5.41) is 6.91. The monoisotopic (exact) mass is 421 g/mol. The second kappa shape index (κ2) is 8.00. The molecule has 0 radical (unpaired) electrons. The van der Waals surface area contributed by atoms with E-state index in [4.69, 9.17) is 0 Å². The van der Waals surface area contributed by atoms with E-state index >= 15 is 0 Å². The number of benzene rings is 1. The highest BCUT2D eigenvalue weighted by Gasteiger charge is 2.31. The number of carbonyl (C=O) groups is 2. The average Bonchev–Trinajstić information content (AvgIpc) is 3.17. The Kier molecular flexibility index (Phi) is 5.40. The van der Waals surface area contributed by atoms with Gasteiger partial charge in [0.1, 0.15) is 0 Å². The maximum atomic E-state index is 12.9. The molecule has 3 amide bonds. The highest BCUT2D eigenvalue weighted by atomic mass is 19.4. The molecular weight excluding hydrogens is 399 g/mol. The topological polar surface area (TPSA) is 70.5 Å². The van der Waals surface area contributed by atoms with Crippen molar-refractivity contribution in [2.24, 2.45) is 0 Å². The van der Waals surface area contributed by atoms with E-state index < -0.39 is 17.8 Å². The second-order valence-corrected chi connectivity index (χ2v) is 7.47. The van der Waals surface area contributed by atoms with Crippen LogP contribution in [0.4, 0.5) is 23.7 Å². The Morgan fingerprint density at radius 1 is 0.933 bits per heavy atom. The molecule has 0 unspecified atom stereocenters. The molecule has 0 saturated carbocycles. The molecule has 2 aromatic rings. The lowest BCUT2D eigenvalue weighted by molar-refractivity contribution is -0.137. The molecule has 1 aromatic carbocycles. The zero-order valence-corrected chi connectivity index (χ0v) is 16.3. The zero-order chi connectivity index (χ0) is 21.3. The molecule has 3 heterocycles. The first-order valence-corrected chi connectivity index (χ1v) is 9.90. The molecule has 0 atom stereocenters. The van der Waals surface area contributed by atoms with Crippen LogP contribution in [-0.2, 0) is 19.1 Å². The number of rotatable bonds is 2. The molecule has 0 spiro atoms. The van der Waals surface area contributed by atoms with Gasteiger partial charge in [-0.1, -0.05) is 0 Å². The van der Waals surface area contributed by atoms with Crippen LogP contribution in [0, 0.1) is 0 Å². The third-order valence-electron chi connectivity index (χ3n) is 5.53. The zero-order valence-electron chi connectivity index (χ0n) is 16.3. The number of nitrogens with zero attached hydrogens (tertiary/aromatic N) is 4. The Bertz CT molecular complexity index is 931. The molecule has 1 N–H and O–H groups in total. The summed E-state index contributed by atoms with van der Waals surface area (Å²) < 4.78 is 39.8. The van der Waals surface area contributed by atoms with Crippen molar-refractivity contribution in [3.63, 3.8) is 0 Å². The van der Waals surface area contributed by atoms with Gasteiger partial charge < -0.3 is 15.1 Å². The first-order valence-electron chi connectivity index (χ1n) is 9.90. The number of alkyl halides is 3. The number of amides is 3. The summed E-state index contributed by atoms with van der Waals surface area (Å²) in [4.78, 5) is 28.6. The van der Waals surface area contributed by atoms with E-state index in [1.165, 1.54) is 12.1 Å². The van der Waals surface area contributed by atoms with Gasteiger partial charge in [-0.25, -0.2) is 4.79 Å². The minimum Gasteiger partial charge on any atom is -0.335 e. The van der Waals surface area contributed by atoms with Crippen LogP contribution in [0.25, 0.3) is 0 Å². The molecule has 10 heteroatoms. The van der Waals surface area contributed by atoms with Crippen LogP contribution in [0.2, 0.25) is 0 Å². The van der Waals surface area contributed by atoms with Crippen LogP contribution in [-0.4, -0.2) is 57.7 Å². The second-order valence-electron chi connectivity index (χ2n) is 7.47. The lowest BCUT2D eigenvalue weighted by atomic mass is 10.1. The molecular formula is C20H22F3N5O2. The number of nitrogens with one attached hydrogen (secondary N) is 1. The quantitative estimate of drug-likeness (QED) is 0.810. The number of halogens is 3. The molecule has 4 rings (SSSR count). The molecule has 30 heavy (non-hydrogen) atoms. The minimum absolute atomic E-state index is 0.0686. The molecule has 1 fully saturated rings. The van der Waals surface area contributed by atoms with E-state index in [-0.39, 0.29) is 11.6 Å². The van der Waals surface area contributed by atoms with Gasteiger partial charge in [-0.3, -0.25) is 9.48 Å². The Hall–Kier alpha value is -3.04. The molecule has 160 valence electrons. The number of aryl methyl sites for hydroxylation is 1. The summed E-state index contributed by atoms with van der Waals surface area (Å²) >= 11 is 0. The third-order valence-corrected chi connectivity index (χ3v) is 5.53. The highest BCUT2D eigenvalue weighted by molar-refractivity contribution is 5.95. The molecule has 1 saturated heterocycles. The van der Waals surface area contributed by atoms with Crippen molar-refractivity contribution in [2.45, 2.75) is 32.0 Å². The predicted octanol–water partition coefficient (Wildman–Crippen LogP) is 3.23. The van der Waals surface area contributed by atoms with Crippen LogP contribution in [0.1, 0.15) is 34.5 Å². The van der Waals surface area contributed by atoms with Gasteiger partial charge in [0.2, 0.25) is 0 Å². The smallest absolute Gasteiger partial charge is 0.335 e. The fourth-order valence-corrected chi connectivity index (χ4v) is 3.83. The van der Waals surface area contributed by atoms with Crippen molar-refractivity contribution in [1.29, 1.82) is 0 Å². The number of aromatic nitrogens is 2. The number of anilines is 1. The lowest BCUT2D eigenvalue weighted by Gasteiger charge is -2.34. The molecule has 0 bridgehead atoms. The number of piperazine rings is 1. The van der Waals surface area contributed by atoms with Crippen molar-refractivity contribution in [3.05, 3.63) is 47.3 Å². The van der Waals surface area contributed by atoms with Gasteiger partial charge >= 0.3 is 12.2 Å². The maximum absolute atomic E-state index is 12.9. The summed E-state index contributed by atoms with van der Waals surface area (Å²) in [5.74, 6) is -0.0686. The summed E-state index contributed by atoms with van der Waals surface area (Å²) in [5.41, 5.74) is 1.14. The summed E-state index contributed by atoms with van der Waals surface area (Å²) in [6.07, 6.45) is 0.169. The first kappa shape index (κ1) is 20.2. The molecule has 0 aliphatic carbocycles. The third kappa shape index (κ3) is 4.12. The van der Waals surface area contributed by atoms with Crippen molar-refractivity contribution in [3.8, 4) is 0 Å². The first-order chi connectivity index (χ1) is 14.3. The minimum atomic E-state index is -4.42. The van der Waals surface area contributed by atoms with E-state index in [2.05, 4.69) is 10.4 Å². The van der Waals surface area contributed by atoms with E-state index in [1.54, 1.807) is 16.0 Å². The standard InChI is InChI=1S/C20H22F3N5O2/c21-20(22,23)14-4-6-15(7-5-14)25-19(30)27-11-9-26(10-12-27)18(29)16-13-24-28-8-2-1-3-17(16)28/h4-7,13H,1-3,8-12H2,(H,25,30). The van der Waals surface area contributed by atoms with Crippen molar-refractivity contribution < 1.29 is 22.8 Å². The molecule has 2 aliphatic rings. The largest absolute Gasteiger partial charge is 0.416 e. The van der Waals surface area contributed by atoms with Crippen molar-refractivity contribution in [2.75, 3.05) is 31.5 Å². The Balaban J connectivity index is 1.32. The van der Waals surface area contributed by atoms with Crippen LogP contribution in [0.3, 0.4) is 0 Å². The van der Waals surface area contributed by atoms with Gasteiger partial charge in [0.15, 0.2) is 0 Å². The number of hydrogen-bond donors (Lipinski definition) is 1. The van der Waals surface area contributed by atoms with Crippen LogP contribution in [0.15, 0.2) is 30.5 Å². The van der Waals surface area contributed by atoms with Gasteiger partial charge in [0.05, 0.1) is 23.0 Å². The number of urea groups is 1. The normalized spacial score (nSPS) is 16.9. The molecule has 2 aliphatic heterocycles. The van der Waals surface area contributed by atoms with Crippen LogP contribution >= 0.6 is 0 Å². The van der Waals surface area contributed by atoms with Gasteiger partial charge in [-0.2, -0.15) is 18.3 Å². The van der Waals surface area contributed by atoms with E-state index in [9.17, 15) is 22.8 Å². The van der Waals surface area contributed by atoms with Crippen LogP contribution < -0.4 is 5.32 Å². The maximum Gasteiger partial charge on any atom is 0.416 e. The molecule has 7 nitrogen and oxygen atoms in total. The van der Waals surface area contributed by atoms with Crippen molar-refractivity contribution >= 4 is 17.6 Å². The fourth-order valence-electron chi connectivity index (χ4n) is 3.83. The van der Waals surface area contributed by atoms with E-state index in [0.29, 0.717) is 31.7 Å². The Labute approximate surface area is 171 Å². The van der Waals surface area contributed by atoms with Crippen LogP contribution in [0.5, 0.6) is 0 Å². The van der Waals surface area contributed by atoms with Gasteiger partial charge in [-0.15, -0.1) is 0 Å². The fraction of sp³-hybridized carbons (Fsp3) is 0.450. The number of carbonyl (C=O) groups excluding carboxylic acids is 2. The van der Waals surface area contributed by atoms with Gasteiger partial charge in [0.25, 0.3) is 5.91 Å². The predicted molar refractivity (Wildman–Crippen MR) is 103 cm³/mol. The van der Waals surface area contributed by atoms with Gasteiger partial charge in [-0.05, 0) is 43.5 Å². The number of fused-ring (bicyclic) bond motifs is 1. The Morgan fingerprint density at radius 3 is 2.27 bits per heavy atom. The SMILES string of the molecule is O=C(Nc1ccc(C(F)(F)F)cc1)N1CCN(C(=O)c2cnn3c2CCCC3)CC1. The Morgan fingerprint density at radius 2 is 1.60 bits per heavy atom. The molecule has 1 aromatic heterocycles. The highest BCUT2D eigenvalue weighted by Crippen LogP contribution is 2.30. The summed E-state index contributed by atoms with van der Waals surface area (Å²) in [6.45, 7) is 2.32. The van der Waals surface area contributed by atoms with E-state index in [1.807, 2.05) is 4.68 Å². The van der Waals surface area contributed by atoms with E-state index in [0.717, 1.165) is 43.6 Å². The van der Waals surface area contributed by atoms with Crippen molar-refractivity contribution in [1.82, 2.24) is 19.6 Å². The average molecular weight is 421 g/mol. The number of hydrogen-bond acceptors (Lipinski definition) is 3. The lowest BCUT2D eigenvalue weighted by Crippen LogP contribution is -2.51. The van der Waals surface area contributed by atoms with Gasteiger partial charge in [0, 0.05) is 38.4 Å².